The zero-order valence-electron chi connectivity index (χ0n) is 13.3. The molecule has 0 saturated heterocycles. The van der Waals surface area contributed by atoms with Crippen molar-refractivity contribution >= 4 is 5.91 Å². The van der Waals surface area contributed by atoms with Crippen LogP contribution in [0.2, 0.25) is 0 Å². The van der Waals surface area contributed by atoms with Crippen LogP contribution in [0.4, 0.5) is 0 Å². The van der Waals surface area contributed by atoms with Crippen molar-refractivity contribution in [3.05, 3.63) is 65.7 Å². The Balaban J connectivity index is 1.58. The number of fused-ring (bicyclic) bond motifs is 1. The third kappa shape index (κ3) is 3.90. The minimum atomic E-state index is -0.255. The summed E-state index contributed by atoms with van der Waals surface area (Å²) in [7, 11) is 1.67. The monoisotopic (exact) mass is 310 g/mol. The SMILES string of the molecule is CNC(=O)[C@@H](Cc1ccccc1)NC[C@H]1Cc2ccccc2O1. The van der Waals surface area contributed by atoms with E-state index in [9.17, 15) is 4.79 Å². The Morgan fingerprint density at radius 3 is 2.65 bits per heavy atom. The molecule has 2 aromatic carbocycles. The molecule has 3 rings (SSSR count). The predicted molar refractivity (Wildman–Crippen MR) is 90.6 cm³/mol. The normalized spacial score (nSPS) is 17.2. The number of benzene rings is 2. The summed E-state index contributed by atoms with van der Waals surface area (Å²) < 4.78 is 5.93. The lowest BCUT2D eigenvalue weighted by molar-refractivity contribution is -0.122. The van der Waals surface area contributed by atoms with Crippen molar-refractivity contribution in [2.75, 3.05) is 13.6 Å². The van der Waals surface area contributed by atoms with E-state index in [1.54, 1.807) is 7.05 Å². The van der Waals surface area contributed by atoms with Crippen molar-refractivity contribution in [1.82, 2.24) is 10.6 Å². The molecule has 0 fully saturated rings. The number of amides is 1. The molecule has 0 radical (unpaired) electrons. The molecule has 1 aliphatic heterocycles. The zero-order valence-corrected chi connectivity index (χ0v) is 13.3. The lowest BCUT2D eigenvalue weighted by Crippen LogP contribution is -2.47. The van der Waals surface area contributed by atoms with Crippen LogP contribution in [0.25, 0.3) is 0 Å². The summed E-state index contributed by atoms with van der Waals surface area (Å²) in [5.41, 5.74) is 2.38. The van der Waals surface area contributed by atoms with Crippen LogP contribution in [0.5, 0.6) is 5.75 Å². The Morgan fingerprint density at radius 2 is 1.91 bits per heavy atom. The Kier molecular flexibility index (Phi) is 4.93. The second kappa shape index (κ2) is 7.29. The number of ether oxygens (including phenoxy) is 1. The van der Waals surface area contributed by atoms with Gasteiger partial charge in [-0.1, -0.05) is 48.5 Å². The Bertz CT molecular complexity index is 632. The van der Waals surface area contributed by atoms with Crippen molar-refractivity contribution < 1.29 is 9.53 Å². The number of hydrogen-bond donors (Lipinski definition) is 2. The average Bonchev–Trinajstić information content (AvgIpc) is 3.01. The number of carbonyl (C=O) groups excluding carboxylic acids is 1. The molecule has 0 bridgehead atoms. The van der Waals surface area contributed by atoms with Gasteiger partial charge in [0, 0.05) is 20.0 Å². The topological polar surface area (TPSA) is 50.4 Å². The van der Waals surface area contributed by atoms with E-state index in [0.717, 1.165) is 17.7 Å². The van der Waals surface area contributed by atoms with E-state index in [-0.39, 0.29) is 18.1 Å². The zero-order chi connectivity index (χ0) is 16.1. The van der Waals surface area contributed by atoms with Crippen molar-refractivity contribution in [2.45, 2.75) is 25.0 Å². The molecule has 120 valence electrons. The third-order valence-corrected chi connectivity index (χ3v) is 4.15. The van der Waals surface area contributed by atoms with Gasteiger partial charge in [0.15, 0.2) is 0 Å². The minimum Gasteiger partial charge on any atom is -0.488 e. The lowest BCUT2D eigenvalue weighted by atomic mass is 10.0. The van der Waals surface area contributed by atoms with Gasteiger partial charge in [-0.15, -0.1) is 0 Å². The summed E-state index contributed by atoms with van der Waals surface area (Å²) >= 11 is 0. The lowest BCUT2D eigenvalue weighted by Gasteiger charge is -2.20. The van der Waals surface area contributed by atoms with Crippen LogP contribution in [-0.2, 0) is 17.6 Å². The smallest absolute Gasteiger partial charge is 0.237 e. The molecule has 1 heterocycles. The maximum absolute atomic E-state index is 12.1. The number of hydrogen-bond acceptors (Lipinski definition) is 3. The first kappa shape index (κ1) is 15.6. The Morgan fingerprint density at radius 1 is 1.17 bits per heavy atom. The summed E-state index contributed by atoms with van der Waals surface area (Å²) in [4.78, 5) is 12.1. The van der Waals surface area contributed by atoms with Gasteiger partial charge < -0.3 is 15.4 Å². The summed E-state index contributed by atoms with van der Waals surface area (Å²) in [6.45, 7) is 0.652. The molecule has 23 heavy (non-hydrogen) atoms. The maximum atomic E-state index is 12.1. The van der Waals surface area contributed by atoms with E-state index in [2.05, 4.69) is 16.7 Å². The molecule has 0 spiro atoms. The fraction of sp³-hybridized carbons (Fsp3) is 0.316. The second-order valence-corrected chi connectivity index (χ2v) is 5.82. The predicted octanol–water partition coefficient (Wildman–Crippen LogP) is 1.94. The van der Waals surface area contributed by atoms with Gasteiger partial charge in [0.2, 0.25) is 5.91 Å². The molecular formula is C19H22N2O2. The maximum Gasteiger partial charge on any atom is 0.237 e. The fourth-order valence-electron chi connectivity index (χ4n) is 2.92. The molecular weight excluding hydrogens is 288 g/mol. The minimum absolute atomic E-state index is 0.00404. The van der Waals surface area contributed by atoms with Crippen molar-refractivity contribution in [1.29, 1.82) is 0 Å². The number of carbonyl (C=O) groups is 1. The van der Waals surface area contributed by atoms with Gasteiger partial charge in [-0.2, -0.15) is 0 Å². The Hall–Kier alpha value is -2.33. The number of likely N-dealkylation sites (N-methyl/N-ethyl adjacent to an activating group) is 1. The average molecular weight is 310 g/mol. The molecule has 1 aliphatic rings. The second-order valence-electron chi connectivity index (χ2n) is 5.82. The van der Waals surface area contributed by atoms with Crippen LogP contribution in [0.1, 0.15) is 11.1 Å². The number of para-hydroxylation sites is 1. The van der Waals surface area contributed by atoms with Gasteiger partial charge >= 0.3 is 0 Å². The Labute approximate surface area is 136 Å². The molecule has 0 aromatic heterocycles. The fourth-order valence-corrected chi connectivity index (χ4v) is 2.92. The van der Waals surface area contributed by atoms with Crippen LogP contribution in [-0.4, -0.2) is 31.6 Å². The first-order chi connectivity index (χ1) is 11.3. The van der Waals surface area contributed by atoms with Crippen LogP contribution >= 0.6 is 0 Å². The highest BCUT2D eigenvalue weighted by Crippen LogP contribution is 2.27. The summed E-state index contributed by atoms with van der Waals surface area (Å²) in [5, 5.41) is 6.09. The number of nitrogens with one attached hydrogen (secondary N) is 2. The molecule has 4 nitrogen and oxygen atoms in total. The highest BCUT2D eigenvalue weighted by molar-refractivity contribution is 5.81. The first-order valence-electron chi connectivity index (χ1n) is 7.99. The van der Waals surface area contributed by atoms with Gasteiger partial charge in [-0.3, -0.25) is 4.79 Å². The van der Waals surface area contributed by atoms with Crippen molar-refractivity contribution in [3.8, 4) is 5.75 Å². The highest BCUT2D eigenvalue weighted by Gasteiger charge is 2.25. The molecule has 0 unspecified atom stereocenters. The van der Waals surface area contributed by atoms with Crippen LogP contribution < -0.4 is 15.4 Å². The van der Waals surface area contributed by atoms with E-state index in [0.29, 0.717) is 13.0 Å². The number of rotatable bonds is 6. The molecule has 1 amide bonds. The van der Waals surface area contributed by atoms with E-state index in [4.69, 9.17) is 4.74 Å². The molecule has 0 aliphatic carbocycles. The van der Waals surface area contributed by atoms with E-state index < -0.39 is 0 Å². The van der Waals surface area contributed by atoms with Crippen molar-refractivity contribution in [3.63, 3.8) is 0 Å². The summed E-state index contributed by atoms with van der Waals surface area (Å²) in [6, 6.07) is 17.9. The highest BCUT2D eigenvalue weighted by atomic mass is 16.5. The molecule has 0 saturated carbocycles. The van der Waals surface area contributed by atoms with E-state index in [1.807, 2.05) is 48.5 Å². The van der Waals surface area contributed by atoms with Crippen LogP contribution in [0.15, 0.2) is 54.6 Å². The molecule has 2 aromatic rings. The molecule has 2 N–H and O–H groups in total. The molecule has 2 atom stereocenters. The van der Waals surface area contributed by atoms with Crippen LogP contribution in [0.3, 0.4) is 0 Å². The van der Waals surface area contributed by atoms with Gasteiger partial charge in [-0.05, 0) is 23.6 Å². The van der Waals surface area contributed by atoms with Gasteiger partial charge in [0.1, 0.15) is 11.9 Å². The quantitative estimate of drug-likeness (QED) is 0.857. The van der Waals surface area contributed by atoms with E-state index in [1.165, 1.54) is 5.56 Å². The van der Waals surface area contributed by atoms with Gasteiger partial charge in [0.25, 0.3) is 0 Å². The molecule has 4 heteroatoms. The summed E-state index contributed by atoms with van der Waals surface area (Å²) in [6.07, 6.45) is 1.63. The summed E-state index contributed by atoms with van der Waals surface area (Å²) in [5.74, 6) is 0.961. The third-order valence-electron chi connectivity index (χ3n) is 4.15. The largest absolute Gasteiger partial charge is 0.488 e. The van der Waals surface area contributed by atoms with E-state index >= 15 is 0 Å². The van der Waals surface area contributed by atoms with Gasteiger partial charge in [0.05, 0.1) is 6.04 Å². The standard InChI is InChI=1S/C19H22N2O2/c1-20-19(22)17(11-14-7-3-2-4-8-14)21-13-16-12-15-9-5-6-10-18(15)23-16/h2-10,16-17,21H,11-13H2,1H3,(H,20,22)/t16-,17-/m1/s1. The van der Waals surface area contributed by atoms with Crippen molar-refractivity contribution in [2.24, 2.45) is 0 Å². The van der Waals surface area contributed by atoms with Gasteiger partial charge in [-0.25, -0.2) is 0 Å². The first-order valence-corrected chi connectivity index (χ1v) is 7.99. The van der Waals surface area contributed by atoms with Crippen LogP contribution in [0, 0.1) is 0 Å².